The first-order valence-electron chi connectivity index (χ1n) is 11.8. The molecule has 2 aromatic rings. The number of hydrogen-bond acceptors (Lipinski definition) is 4. The number of ether oxygens (including phenoxy) is 1. The van der Waals surface area contributed by atoms with Gasteiger partial charge in [0.15, 0.2) is 0 Å². The summed E-state index contributed by atoms with van der Waals surface area (Å²) in [6.45, 7) is 7.35. The fraction of sp³-hybridized carbons (Fsp3) is 0.444. The second-order valence-electron chi connectivity index (χ2n) is 9.81. The maximum Gasteiger partial charge on any atom is 0.407 e. The second kappa shape index (κ2) is 10.7. The number of alkyl carbamates (subject to hydrolysis) is 1. The molecule has 0 aromatic heterocycles. The maximum absolute atomic E-state index is 12.9. The first kappa shape index (κ1) is 25.3. The first-order chi connectivity index (χ1) is 16.1. The van der Waals surface area contributed by atoms with Crippen LogP contribution in [0.2, 0.25) is 0 Å². The van der Waals surface area contributed by atoms with Crippen molar-refractivity contribution in [2.45, 2.75) is 65.0 Å². The third-order valence-electron chi connectivity index (χ3n) is 6.20. The summed E-state index contributed by atoms with van der Waals surface area (Å²) in [7, 11) is 0. The van der Waals surface area contributed by atoms with Gasteiger partial charge in [0.1, 0.15) is 18.7 Å². The van der Waals surface area contributed by atoms with Crippen molar-refractivity contribution in [3.8, 4) is 11.1 Å². The Bertz CT molecular complexity index is 998. The Morgan fingerprint density at radius 2 is 1.53 bits per heavy atom. The minimum absolute atomic E-state index is 0.0849. The van der Waals surface area contributed by atoms with Crippen LogP contribution in [-0.4, -0.2) is 41.8 Å². The first-order valence-corrected chi connectivity index (χ1v) is 11.8. The smallest absolute Gasteiger partial charge is 0.407 e. The number of carboxylic acids is 1. The van der Waals surface area contributed by atoms with E-state index in [0.717, 1.165) is 28.7 Å². The van der Waals surface area contributed by atoms with Crippen LogP contribution in [0.5, 0.6) is 0 Å². The van der Waals surface area contributed by atoms with Gasteiger partial charge in [-0.05, 0) is 34.1 Å². The number of amides is 2. The van der Waals surface area contributed by atoms with Crippen molar-refractivity contribution in [1.82, 2.24) is 10.6 Å². The van der Waals surface area contributed by atoms with E-state index in [1.807, 2.05) is 43.3 Å². The lowest BCUT2D eigenvalue weighted by molar-refractivity contribution is -0.145. The average Bonchev–Trinajstić information content (AvgIpc) is 3.11. The van der Waals surface area contributed by atoms with Gasteiger partial charge in [-0.2, -0.15) is 0 Å². The summed E-state index contributed by atoms with van der Waals surface area (Å²) in [5, 5.41) is 14.8. The number of hydrogen-bond donors (Lipinski definition) is 3. The van der Waals surface area contributed by atoms with Crippen LogP contribution in [0.4, 0.5) is 4.79 Å². The molecule has 1 aliphatic carbocycles. The molecular weight excluding hydrogens is 432 g/mol. The number of carboxylic acid groups (broad SMARTS) is 1. The monoisotopic (exact) mass is 466 g/mol. The molecule has 2 atom stereocenters. The summed E-state index contributed by atoms with van der Waals surface area (Å²) in [6.07, 6.45) is 1.23. The summed E-state index contributed by atoms with van der Waals surface area (Å²) in [4.78, 5) is 37.2. The lowest BCUT2D eigenvalue weighted by Crippen LogP contribution is -2.55. The van der Waals surface area contributed by atoms with Crippen LogP contribution >= 0.6 is 0 Å². The third-order valence-corrected chi connectivity index (χ3v) is 6.20. The van der Waals surface area contributed by atoms with Gasteiger partial charge >= 0.3 is 12.1 Å². The highest BCUT2D eigenvalue weighted by Crippen LogP contribution is 2.44. The van der Waals surface area contributed by atoms with Crippen molar-refractivity contribution in [2.24, 2.45) is 5.41 Å². The molecule has 0 saturated heterocycles. The molecule has 0 heterocycles. The lowest BCUT2D eigenvalue weighted by Gasteiger charge is -2.29. The lowest BCUT2D eigenvalue weighted by atomic mass is 9.86. The van der Waals surface area contributed by atoms with Gasteiger partial charge in [0, 0.05) is 5.92 Å². The van der Waals surface area contributed by atoms with E-state index < -0.39 is 35.5 Å². The van der Waals surface area contributed by atoms with Crippen LogP contribution in [0.15, 0.2) is 48.5 Å². The van der Waals surface area contributed by atoms with E-state index in [1.54, 1.807) is 20.8 Å². The molecule has 3 N–H and O–H groups in total. The molecule has 0 saturated carbocycles. The van der Waals surface area contributed by atoms with Gasteiger partial charge in [-0.25, -0.2) is 9.59 Å². The molecule has 0 fully saturated rings. The van der Waals surface area contributed by atoms with Gasteiger partial charge in [-0.3, -0.25) is 4.79 Å². The zero-order valence-electron chi connectivity index (χ0n) is 20.3. The summed E-state index contributed by atoms with van der Waals surface area (Å²) in [5.41, 5.74) is 3.79. The Morgan fingerprint density at radius 1 is 0.971 bits per heavy atom. The molecule has 7 nitrogen and oxygen atoms in total. The van der Waals surface area contributed by atoms with Crippen LogP contribution in [0.25, 0.3) is 11.1 Å². The van der Waals surface area contributed by atoms with E-state index in [9.17, 15) is 19.5 Å². The topological polar surface area (TPSA) is 105 Å². The molecule has 0 spiro atoms. The molecule has 2 amide bonds. The van der Waals surface area contributed by atoms with Crippen LogP contribution in [-0.2, 0) is 14.3 Å². The molecule has 2 aromatic carbocycles. The van der Waals surface area contributed by atoms with Crippen molar-refractivity contribution in [3.05, 3.63) is 59.7 Å². The zero-order valence-corrected chi connectivity index (χ0v) is 20.3. The largest absolute Gasteiger partial charge is 0.480 e. The van der Waals surface area contributed by atoms with Gasteiger partial charge < -0.3 is 20.5 Å². The number of rotatable bonds is 9. The van der Waals surface area contributed by atoms with Gasteiger partial charge in [0.25, 0.3) is 0 Å². The molecular formula is C27H34N2O5. The van der Waals surface area contributed by atoms with E-state index in [0.29, 0.717) is 12.8 Å². The Kier molecular flexibility index (Phi) is 7.97. The number of benzene rings is 2. The predicted molar refractivity (Wildman–Crippen MR) is 131 cm³/mol. The summed E-state index contributed by atoms with van der Waals surface area (Å²) >= 11 is 0. The summed E-state index contributed by atoms with van der Waals surface area (Å²) in [5.74, 6) is -1.72. The molecule has 1 aliphatic rings. The SMILES string of the molecule is CCCCC(NC(=O)OCC1c2ccccc2-c2ccccc21)C(=O)N[C@H](C(=O)O)C(C)(C)C. The minimum Gasteiger partial charge on any atom is -0.480 e. The highest BCUT2D eigenvalue weighted by atomic mass is 16.5. The number of fused-ring (bicyclic) bond motifs is 3. The van der Waals surface area contributed by atoms with Crippen LogP contribution in [0, 0.1) is 5.41 Å². The molecule has 1 unspecified atom stereocenters. The number of aliphatic carboxylic acids is 1. The van der Waals surface area contributed by atoms with Crippen LogP contribution in [0.3, 0.4) is 0 Å². The fourth-order valence-electron chi connectivity index (χ4n) is 4.35. The number of carbonyl (C=O) groups excluding carboxylic acids is 2. The molecule has 3 rings (SSSR count). The summed E-state index contributed by atoms with van der Waals surface area (Å²) < 4.78 is 5.57. The standard InChI is InChI=1S/C27H34N2O5/c1-5-6-15-22(24(30)29-23(25(31)32)27(2,3)4)28-26(33)34-16-21-19-13-9-7-11-17(19)18-12-8-10-14-20(18)21/h7-14,21-23H,5-6,15-16H2,1-4H3,(H,28,33)(H,29,30)(H,31,32)/t22?,23-/m1/s1. The highest BCUT2D eigenvalue weighted by molar-refractivity contribution is 5.89. The van der Waals surface area contributed by atoms with E-state index in [1.165, 1.54) is 0 Å². The van der Waals surface area contributed by atoms with Crippen LogP contribution in [0.1, 0.15) is 64.0 Å². The van der Waals surface area contributed by atoms with E-state index in [2.05, 4.69) is 22.8 Å². The molecule has 34 heavy (non-hydrogen) atoms. The molecule has 182 valence electrons. The molecule has 0 radical (unpaired) electrons. The van der Waals surface area contributed by atoms with Gasteiger partial charge in [0.05, 0.1) is 0 Å². The van der Waals surface area contributed by atoms with Gasteiger partial charge in [-0.1, -0.05) is 89.1 Å². The van der Waals surface area contributed by atoms with Crippen molar-refractivity contribution in [1.29, 1.82) is 0 Å². The fourth-order valence-corrected chi connectivity index (χ4v) is 4.35. The van der Waals surface area contributed by atoms with Gasteiger partial charge in [-0.15, -0.1) is 0 Å². The average molecular weight is 467 g/mol. The van der Waals surface area contributed by atoms with Crippen molar-refractivity contribution < 1.29 is 24.2 Å². The number of unbranched alkanes of at least 4 members (excludes halogenated alkanes) is 1. The Labute approximate surface area is 200 Å². The quantitative estimate of drug-likeness (QED) is 0.497. The minimum atomic E-state index is -1.11. The Morgan fingerprint density at radius 3 is 2.03 bits per heavy atom. The van der Waals surface area contributed by atoms with Crippen molar-refractivity contribution in [2.75, 3.05) is 6.61 Å². The third kappa shape index (κ3) is 5.76. The second-order valence-corrected chi connectivity index (χ2v) is 9.81. The number of carbonyl (C=O) groups is 3. The molecule has 0 aliphatic heterocycles. The number of nitrogens with one attached hydrogen (secondary N) is 2. The Balaban J connectivity index is 1.67. The zero-order chi connectivity index (χ0) is 24.9. The van der Waals surface area contributed by atoms with E-state index >= 15 is 0 Å². The van der Waals surface area contributed by atoms with Crippen molar-refractivity contribution >= 4 is 18.0 Å². The predicted octanol–water partition coefficient (Wildman–Crippen LogP) is 4.70. The van der Waals surface area contributed by atoms with Gasteiger partial charge in [0.2, 0.25) is 5.91 Å². The maximum atomic E-state index is 12.9. The van der Waals surface area contributed by atoms with Crippen molar-refractivity contribution in [3.63, 3.8) is 0 Å². The molecule has 0 bridgehead atoms. The van der Waals surface area contributed by atoms with E-state index in [-0.39, 0.29) is 12.5 Å². The normalized spacial score (nSPS) is 14.5. The molecule has 7 heteroatoms. The summed E-state index contributed by atoms with van der Waals surface area (Å²) in [6, 6.07) is 14.2. The Hall–Kier alpha value is -3.35. The highest BCUT2D eigenvalue weighted by Gasteiger charge is 2.35. The van der Waals surface area contributed by atoms with E-state index in [4.69, 9.17) is 4.74 Å². The van der Waals surface area contributed by atoms with Crippen LogP contribution < -0.4 is 10.6 Å².